The number of carbonyl (C=O) groups excluding carboxylic acids is 1. The average Bonchev–Trinajstić information content (AvgIpc) is 2.65. The maximum absolute atomic E-state index is 11.4. The van der Waals surface area contributed by atoms with Crippen LogP contribution in [0, 0.1) is 0 Å². The second-order valence-electron chi connectivity index (χ2n) is 8.00. The first-order chi connectivity index (χ1) is 13.1. The molecule has 0 unspecified atom stereocenters. The molecule has 0 aromatic carbocycles. The van der Waals surface area contributed by atoms with Crippen LogP contribution in [0.3, 0.4) is 0 Å². The van der Waals surface area contributed by atoms with Crippen molar-refractivity contribution in [3.8, 4) is 0 Å². The van der Waals surface area contributed by atoms with Crippen LogP contribution in [0.2, 0.25) is 0 Å². The third-order valence-corrected chi connectivity index (χ3v) is 5.11. The summed E-state index contributed by atoms with van der Waals surface area (Å²) in [5.74, 6) is -0.258. The van der Waals surface area contributed by atoms with Crippen molar-refractivity contribution in [3.63, 3.8) is 0 Å². The molecule has 27 heavy (non-hydrogen) atoms. The van der Waals surface area contributed by atoms with Crippen LogP contribution in [0.1, 0.15) is 111 Å². The van der Waals surface area contributed by atoms with Gasteiger partial charge in [0.05, 0.1) is 6.61 Å². The Hall–Kier alpha value is -0.830. The zero-order valence-electron chi connectivity index (χ0n) is 18.7. The molecule has 0 N–H and O–H groups in total. The number of hydrogen-bond donors (Lipinski definition) is 0. The van der Waals surface area contributed by atoms with Crippen molar-refractivity contribution in [1.29, 1.82) is 0 Å². The van der Waals surface area contributed by atoms with Gasteiger partial charge in [0.1, 0.15) is 0 Å². The first kappa shape index (κ1) is 26.2. The molecule has 0 bridgehead atoms. The lowest BCUT2D eigenvalue weighted by atomic mass is 10.1. The molecule has 0 spiro atoms. The van der Waals surface area contributed by atoms with Gasteiger partial charge in [-0.15, -0.1) is 0 Å². The van der Waals surface area contributed by atoms with Gasteiger partial charge in [-0.1, -0.05) is 84.6 Å². The molecule has 3 nitrogen and oxygen atoms in total. The van der Waals surface area contributed by atoms with E-state index in [0.717, 1.165) is 19.4 Å². The fourth-order valence-electron chi connectivity index (χ4n) is 3.29. The van der Waals surface area contributed by atoms with Gasteiger partial charge in [0.25, 0.3) is 0 Å². The van der Waals surface area contributed by atoms with Gasteiger partial charge >= 0.3 is 5.97 Å². The molecule has 0 aliphatic heterocycles. The van der Waals surface area contributed by atoms with E-state index in [1.807, 2.05) is 0 Å². The summed E-state index contributed by atoms with van der Waals surface area (Å²) in [6.45, 7) is 14.0. The Labute approximate surface area is 169 Å². The zero-order valence-corrected chi connectivity index (χ0v) is 18.7. The Kier molecular flexibility index (Phi) is 19.3. The highest BCUT2D eigenvalue weighted by molar-refractivity contribution is 5.86. The van der Waals surface area contributed by atoms with Crippen molar-refractivity contribution in [3.05, 3.63) is 12.2 Å². The highest BCUT2D eigenvalue weighted by Crippen LogP contribution is 2.10. The number of nitrogens with zero attached hydrogens (tertiary/aromatic N) is 1. The van der Waals surface area contributed by atoms with Crippen LogP contribution in [0.15, 0.2) is 12.2 Å². The summed E-state index contributed by atoms with van der Waals surface area (Å²) in [5, 5.41) is 0. The van der Waals surface area contributed by atoms with E-state index in [0.29, 0.717) is 12.2 Å². The maximum atomic E-state index is 11.4. The van der Waals surface area contributed by atoms with E-state index >= 15 is 0 Å². The molecular formula is C24H47NO2. The number of ether oxygens (including phenoxy) is 1. The normalized spacial score (nSPS) is 11.1. The maximum Gasteiger partial charge on any atom is 0.333 e. The first-order valence-corrected chi connectivity index (χ1v) is 11.7. The Morgan fingerprint density at radius 2 is 1.11 bits per heavy atom. The first-order valence-electron chi connectivity index (χ1n) is 11.7. The van der Waals surface area contributed by atoms with Gasteiger partial charge in [-0.05, 0) is 52.2 Å². The summed E-state index contributed by atoms with van der Waals surface area (Å²) in [6.07, 6.45) is 18.4. The minimum absolute atomic E-state index is 0.258. The summed E-state index contributed by atoms with van der Waals surface area (Å²) in [5.41, 5.74) is 0.489. The number of unbranched alkanes of at least 4 members (excludes halogenated alkanes) is 11. The van der Waals surface area contributed by atoms with Gasteiger partial charge in [-0.3, -0.25) is 0 Å². The van der Waals surface area contributed by atoms with Crippen LogP contribution in [0.25, 0.3) is 0 Å². The molecule has 0 aliphatic rings. The summed E-state index contributed by atoms with van der Waals surface area (Å²) in [4.78, 5) is 14.0. The molecule has 0 amide bonds. The minimum Gasteiger partial charge on any atom is -0.462 e. The van der Waals surface area contributed by atoms with Crippen molar-refractivity contribution >= 4 is 5.97 Å². The highest BCUT2D eigenvalue weighted by Gasteiger charge is 2.06. The predicted molar refractivity (Wildman–Crippen MR) is 118 cm³/mol. The van der Waals surface area contributed by atoms with Crippen LogP contribution in [-0.2, 0) is 9.53 Å². The summed E-state index contributed by atoms with van der Waals surface area (Å²) in [7, 11) is 0. The fraction of sp³-hybridized carbons (Fsp3) is 0.875. The standard InChI is InChI=1S/C24H47NO2/c1-5-7-9-11-13-15-19-25(20-16-14-12-10-8-6-2)21-17-18-22-27-24(26)23(3)4/h3,5-22H2,1-2,4H3. The molecular weight excluding hydrogens is 334 g/mol. The molecule has 0 aliphatic carbocycles. The van der Waals surface area contributed by atoms with E-state index in [1.165, 1.54) is 90.1 Å². The topological polar surface area (TPSA) is 29.5 Å². The Morgan fingerprint density at radius 1 is 0.704 bits per heavy atom. The lowest BCUT2D eigenvalue weighted by Crippen LogP contribution is -2.27. The van der Waals surface area contributed by atoms with Crippen molar-refractivity contribution in [2.45, 2.75) is 111 Å². The quantitative estimate of drug-likeness (QED) is 0.130. The number of hydrogen-bond acceptors (Lipinski definition) is 3. The van der Waals surface area contributed by atoms with Gasteiger partial charge in [-0.2, -0.15) is 0 Å². The van der Waals surface area contributed by atoms with Gasteiger partial charge in [0, 0.05) is 5.57 Å². The van der Waals surface area contributed by atoms with Gasteiger partial charge in [-0.25, -0.2) is 4.79 Å². The number of carbonyl (C=O) groups is 1. The Bertz CT molecular complexity index is 338. The third-order valence-electron chi connectivity index (χ3n) is 5.11. The summed E-state index contributed by atoms with van der Waals surface area (Å²) < 4.78 is 5.20. The van der Waals surface area contributed by atoms with Crippen molar-refractivity contribution in [1.82, 2.24) is 4.90 Å². The molecule has 0 aromatic heterocycles. The van der Waals surface area contributed by atoms with Crippen LogP contribution in [0.5, 0.6) is 0 Å². The molecule has 0 radical (unpaired) electrons. The van der Waals surface area contributed by atoms with E-state index < -0.39 is 0 Å². The zero-order chi connectivity index (χ0) is 20.2. The second kappa shape index (κ2) is 19.9. The number of rotatable bonds is 20. The third kappa shape index (κ3) is 18.3. The molecule has 0 aromatic rings. The monoisotopic (exact) mass is 381 g/mol. The summed E-state index contributed by atoms with van der Waals surface area (Å²) >= 11 is 0. The van der Waals surface area contributed by atoms with Crippen LogP contribution in [-0.4, -0.2) is 37.1 Å². The lowest BCUT2D eigenvalue weighted by molar-refractivity contribution is -0.139. The molecule has 0 atom stereocenters. The average molecular weight is 382 g/mol. The van der Waals surface area contributed by atoms with Crippen LogP contribution in [0.4, 0.5) is 0 Å². The van der Waals surface area contributed by atoms with E-state index in [-0.39, 0.29) is 5.97 Å². The van der Waals surface area contributed by atoms with E-state index in [9.17, 15) is 4.79 Å². The molecule has 3 heteroatoms. The molecule has 0 fully saturated rings. The Morgan fingerprint density at radius 3 is 1.56 bits per heavy atom. The van der Waals surface area contributed by atoms with Crippen LogP contribution >= 0.6 is 0 Å². The lowest BCUT2D eigenvalue weighted by Gasteiger charge is -2.22. The predicted octanol–water partition coefficient (Wildman–Crippen LogP) is 6.91. The van der Waals surface area contributed by atoms with Crippen molar-refractivity contribution < 1.29 is 9.53 Å². The van der Waals surface area contributed by atoms with E-state index in [2.05, 4.69) is 25.3 Å². The second-order valence-corrected chi connectivity index (χ2v) is 8.00. The molecule has 0 saturated heterocycles. The smallest absolute Gasteiger partial charge is 0.333 e. The molecule has 0 heterocycles. The Balaban J connectivity index is 3.92. The van der Waals surface area contributed by atoms with Gasteiger partial charge in [0.15, 0.2) is 0 Å². The fourth-order valence-corrected chi connectivity index (χ4v) is 3.29. The molecule has 160 valence electrons. The van der Waals surface area contributed by atoms with E-state index in [4.69, 9.17) is 4.74 Å². The largest absolute Gasteiger partial charge is 0.462 e. The van der Waals surface area contributed by atoms with E-state index in [1.54, 1.807) is 6.92 Å². The highest BCUT2D eigenvalue weighted by atomic mass is 16.5. The van der Waals surface area contributed by atoms with Gasteiger partial charge in [0.2, 0.25) is 0 Å². The minimum atomic E-state index is -0.258. The molecule has 0 rings (SSSR count). The summed E-state index contributed by atoms with van der Waals surface area (Å²) in [6, 6.07) is 0. The van der Waals surface area contributed by atoms with Crippen LogP contribution < -0.4 is 0 Å². The van der Waals surface area contributed by atoms with Crippen molar-refractivity contribution in [2.24, 2.45) is 0 Å². The van der Waals surface area contributed by atoms with Crippen molar-refractivity contribution in [2.75, 3.05) is 26.2 Å². The molecule has 0 saturated carbocycles. The SMILES string of the molecule is C=C(C)C(=O)OCCCCN(CCCCCCCC)CCCCCCCC. The number of esters is 1. The van der Waals surface area contributed by atoms with Gasteiger partial charge < -0.3 is 9.64 Å².